The number of hydrogen-bond acceptors (Lipinski definition) is 0. The van der Waals surface area contributed by atoms with Gasteiger partial charge in [-0.15, -0.1) is 0 Å². The molecule has 2 aromatic carbocycles. The summed E-state index contributed by atoms with van der Waals surface area (Å²) in [5.41, 5.74) is 11.4. The van der Waals surface area contributed by atoms with E-state index in [0.29, 0.717) is 11.8 Å². The van der Waals surface area contributed by atoms with Gasteiger partial charge in [-0.1, -0.05) is 72.9 Å². The SMILES string of the molecule is Cc1ccccc1-c1ccc2c(c1C)C1=CC=CC3C=CC=C2C13. The van der Waals surface area contributed by atoms with Gasteiger partial charge in [-0.25, -0.2) is 0 Å². The highest BCUT2D eigenvalue weighted by Gasteiger charge is 2.38. The van der Waals surface area contributed by atoms with Crippen LogP contribution in [0.5, 0.6) is 0 Å². The summed E-state index contributed by atoms with van der Waals surface area (Å²) in [5.74, 6) is 1.03. The van der Waals surface area contributed by atoms with Gasteiger partial charge in [0.25, 0.3) is 0 Å². The van der Waals surface area contributed by atoms with E-state index in [0.717, 1.165) is 0 Å². The Balaban J connectivity index is 1.79. The van der Waals surface area contributed by atoms with Gasteiger partial charge in [0.1, 0.15) is 0 Å². The zero-order chi connectivity index (χ0) is 16.3. The van der Waals surface area contributed by atoms with Crippen LogP contribution in [0, 0.1) is 25.7 Å². The molecule has 0 heterocycles. The molecule has 3 aliphatic rings. The summed E-state index contributed by atoms with van der Waals surface area (Å²) >= 11 is 0. The van der Waals surface area contributed by atoms with Gasteiger partial charge in [-0.3, -0.25) is 0 Å². The minimum atomic E-state index is 0.513. The van der Waals surface area contributed by atoms with E-state index in [4.69, 9.17) is 0 Å². The Morgan fingerprint density at radius 3 is 2.21 bits per heavy atom. The first-order valence-electron chi connectivity index (χ1n) is 8.73. The van der Waals surface area contributed by atoms with Crippen molar-refractivity contribution in [2.45, 2.75) is 13.8 Å². The van der Waals surface area contributed by atoms with Crippen molar-refractivity contribution in [2.24, 2.45) is 11.8 Å². The van der Waals surface area contributed by atoms with E-state index in [9.17, 15) is 0 Å². The lowest BCUT2D eigenvalue weighted by Crippen LogP contribution is -2.13. The fourth-order valence-corrected chi connectivity index (χ4v) is 4.64. The molecule has 2 unspecified atom stereocenters. The third-order valence-corrected chi connectivity index (χ3v) is 5.77. The molecule has 116 valence electrons. The molecule has 3 aliphatic carbocycles. The second-order valence-electron chi connectivity index (χ2n) is 7.04. The minimum Gasteiger partial charge on any atom is -0.0767 e. The van der Waals surface area contributed by atoms with Crippen LogP contribution in [0.25, 0.3) is 22.3 Å². The molecule has 0 bridgehead atoms. The first-order chi connectivity index (χ1) is 11.8. The summed E-state index contributed by atoms with van der Waals surface area (Å²) in [5, 5.41) is 0. The van der Waals surface area contributed by atoms with Crippen molar-refractivity contribution in [3.63, 3.8) is 0 Å². The molecular formula is C24H20. The molecule has 0 nitrogen and oxygen atoms in total. The molecule has 0 fully saturated rings. The van der Waals surface area contributed by atoms with Crippen LogP contribution in [-0.4, -0.2) is 0 Å². The molecule has 0 amide bonds. The van der Waals surface area contributed by atoms with E-state index < -0.39 is 0 Å². The average Bonchev–Trinajstić information content (AvgIpc) is 2.94. The van der Waals surface area contributed by atoms with E-state index in [1.54, 1.807) is 0 Å². The van der Waals surface area contributed by atoms with Crippen molar-refractivity contribution in [2.75, 3.05) is 0 Å². The van der Waals surface area contributed by atoms with Crippen LogP contribution in [0.2, 0.25) is 0 Å². The maximum Gasteiger partial charge on any atom is 0.0199 e. The summed E-state index contributed by atoms with van der Waals surface area (Å²) in [7, 11) is 0. The van der Waals surface area contributed by atoms with E-state index >= 15 is 0 Å². The van der Waals surface area contributed by atoms with Gasteiger partial charge in [-0.2, -0.15) is 0 Å². The number of hydrogen-bond donors (Lipinski definition) is 0. The zero-order valence-electron chi connectivity index (χ0n) is 14.1. The van der Waals surface area contributed by atoms with E-state index in [2.05, 4.69) is 86.7 Å². The second kappa shape index (κ2) is 4.95. The predicted octanol–water partition coefficient (Wildman–Crippen LogP) is 6.12. The molecule has 0 N–H and O–H groups in total. The lowest BCUT2D eigenvalue weighted by Gasteiger charge is -2.26. The Hall–Kier alpha value is -2.60. The first-order valence-corrected chi connectivity index (χ1v) is 8.73. The van der Waals surface area contributed by atoms with E-state index in [1.165, 1.54) is 44.5 Å². The van der Waals surface area contributed by atoms with Crippen molar-refractivity contribution in [3.05, 3.63) is 95.1 Å². The second-order valence-corrected chi connectivity index (χ2v) is 7.04. The van der Waals surface area contributed by atoms with Gasteiger partial charge >= 0.3 is 0 Å². The van der Waals surface area contributed by atoms with Gasteiger partial charge in [0.2, 0.25) is 0 Å². The fraction of sp³-hybridized carbons (Fsp3) is 0.167. The summed E-state index contributed by atoms with van der Waals surface area (Å²) in [6.45, 7) is 4.49. The van der Waals surface area contributed by atoms with Gasteiger partial charge in [0.05, 0.1) is 0 Å². The van der Waals surface area contributed by atoms with Crippen LogP contribution in [0.15, 0.2) is 72.9 Å². The topological polar surface area (TPSA) is 0 Å². The molecule has 0 spiro atoms. The largest absolute Gasteiger partial charge is 0.0767 e. The molecular weight excluding hydrogens is 288 g/mol. The third kappa shape index (κ3) is 1.74. The average molecular weight is 308 g/mol. The van der Waals surface area contributed by atoms with E-state index in [1.807, 2.05) is 0 Å². The fourth-order valence-electron chi connectivity index (χ4n) is 4.64. The summed E-state index contributed by atoms with van der Waals surface area (Å²) < 4.78 is 0. The van der Waals surface area contributed by atoms with Crippen LogP contribution in [0.1, 0.15) is 22.3 Å². The number of aryl methyl sites for hydroxylation is 1. The van der Waals surface area contributed by atoms with Crippen LogP contribution >= 0.6 is 0 Å². The van der Waals surface area contributed by atoms with Crippen LogP contribution in [0.4, 0.5) is 0 Å². The van der Waals surface area contributed by atoms with E-state index in [-0.39, 0.29) is 0 Å². The van der Waals surface area contributed by atoms with Crippen molar-refractivity contribution in [3.8, 4) is 11.1 Å². The standard InChI is InChI=1S/C24H20/c1-15-7-3-4-10-18(15)19-13-14-21-20-11-5-8-17-9-6-12-22(24(17)20)23(21)16(19)2/h3-14,17,24H,1-2H3. The van der Waals surface area contributed by atoms with Crippen LogP contribution in [0.3, 0.4) is 0 Å². The maximum absolute atomic E-state index is 2.34. The summed E-state index contributed by atoms with van der Waals surface area (Å²) in [6.07, 6.45) is 13.8. The smallest absolute Gasteiger partial charge is 0.0199 e. The molecule has 5 rings (SSSR count). The van der Waals surface area contributed by atoms with Crippen molar-refractivity contribution in [1.29, 1.82) is 0 Å². The molecule has 2 atom stereocenters. The molecule has 2 aromatic rings. The Morgan fingerprint density at radius 1 is 0.708 bits per heavy atom. The molecule has 0 heteroatoms. The maximum atomic E-state index is 2.34. The van der Waals surface area contributed by atoms with Crippen LogP contribution < -0.4 is 0 Å². The zero-order valence-corrected chi connectivity index (χ0v) is 14.1. The summed E-state index contributed by atoms with van der Waals surface area (Å²) in [4.78, 5) is 0. The Labute approximate surface area is 143 Å². The molecule has 24 heavy (non-hydrogen) atoms. The minimum absolute atomic E-state index is 0.513. The van der Waals surface area contributed by atoms with Crippen molar-refractivity contribution >= 4 is 11.1 Å². The molecule has 0 aromatic heterocycles. The third-order valence-electron chi connectivity index (χ3n) is 5.77. The quantitative estimate of drug-likeness (QED) is 0.595. The van der Waals surface area contributed by atoms with Crippen LogP contribution in [-0.2, 0) is 0 Å². The van der Waals surface area contributed by atoms with Gasteiger partial charge in [0.15, 0.2) is 0 Å². The molecule has 0 radical (unpaired) electrons. The monoisotopic (exact) mass is 308 g/mol. The Bertz CT molecular complexity index is 979. The Kier molecular flexibility index (Phi) is 2.84. The number of rotatable bonds is 1. The highest BCUT2D eigenvalue weighted by Crippen LogP contribution is 2.54. The normalized spacial score (nSPS) is 22.8. The first kappa shape index (κ1) is 13.8. The van der Waals surface area contributed by atoms with Crippen molar-refractivity contribution < 1.29 is 0 Å². The highest BCUT2D eigenvalue weighted by atomic mass is 14.4. The number of allylic oxidation sites excluding steroid dienone is 8. The lowest BCUT2D eigenvalue weighted by molar-refractivity contribution is 0.707. The predicted molar refractivity (Wildman–Crippen MR) is 103 cm³/mol. The van der Waals surface area contributed by atoms with Gasteiger partial charge in [0, 0.05) is 11.8 Å². The molecule has 0 saturated heterocycles. The molecule has 0 saturated carbocycles. The number of benzene rings is 2. The van der Waals surface area contributed by atoms with Crippen molar-refractivity contribution in [1.82, 2.24) is 0 Å². The van der Waals surface area contributed by atoms with Gasteiger partial charge < -0.3 is 0 Å². The number of fused-ring (bicyclic) bond motifs is 3. The summed E-state index contributed by atoms with van der Waals surface area (Å²) in [6, 6.07) is 13.4. The Morgan fingerprint density at radius 2 is 1.42 bits per heavy atom. The molecule has 0 aliphatic heterocycles. The van der Waals surface area contributed by atoms with Gasteiger partial charge in [-0.05, 0) is 58.4 Å². The highest BCUT2D eigenvalue weighted by molar-refractivity contribution is 6.00. The lowest BCUT2D eigenvalue weighted by atomic mass is 9.77.